The van der Waals surface area contributed by atoms with Crippen molar-refractivity contribution in [3.05, 3.63) is 44.9 Å². The number of thiazole rings is 1. The van der Waals surface area contributed by atoms with E-state index in [2.05, 4.69) is 11.1 Å². The number of halogens is 1. The summed E-state index contributed by atoms with van der Waals surface area (Å²) in [5, 5.41) is 10.3. The van der Waals surface area contributed by atoms with Crippen molar-refractivity contribution in [1.82, 2.24) is 4.98 Å². The van der Waals surface area contributed by atoms with E-state index in [-0.39, 0.29) is 6.61 Å². The van der Waals surface area contributed by atoms with Crippen molar-refractivity contribution in [1.29, 1.82) is 5.26 Å². The van der Waals surface area contributed by atoms with Crippen molar-refractivity contribution < 1.29 is 9.47 Å². The standard InChI is InChI=1S/C13H11ClN2O2S/c1-17-7-10-12(6-15)19-13(16-10)8-18-11-5-3-2-4-9(11)14/h2-5H,7-8H2,1H3. The van der Waals surface area contributed by atoms with E-state index in [1.807, 2.05) is 12.1 Å². The average molecular weight is 295 g/mol. The minimum Gasteiger partial charge on any atom is -0.485 e. The van der Waals surface area contributed by atoms with Gasteiger partial charge in [-0.15, -0.1) is 11.3 Å². The third-order valence-corrected chi connectivity index (χ3v) is 3.60. The number of hydrogen-bond acceptors (Lipinski definition) is 5. The molecule has 0 saturated heterocycles. The number of para-hydroxylation sites is 1. The van der Waals surface area contributed by atoms with Crippen LogP contribution in [0.4, 0.5) is 0 Å². The fourth-order valence-electron chi connectivity index (χ4n) is 1.49. The quantitative estimate of drug-likeness (QED) is 0.848. The van der Waals surface area contributed by atoms with Crippen molar-refractivity contribution in [2.75, 3.05) is 7.11 Å². The molecule has 0 aliphatic carbocycles. The second-order valence-electron chi connectivity index (χ2n) is 3.65. The predicted molar refractivity (Wildman–Crippen MR) is 73.3 cm³/mol. The maximum atomic E-state index is 8.99. The molecule has 1 heterocycles. The van der Waals surface area contributed by atoms with Gasteiger partial charge < -0.3 is 9.47 Å². The van der Waals surface area contributed by atoms with Crippen LogP contribution in [0.25, 0.3) is 0 Å². The van der Waals surface area contributed by atoms with E-state index in [1.54, 1.807) is 19.2 Å². The molecule has 0 aliphatic rings. The second-order valence-corrected chi connectivity index (χ2v) is 5.14. The number of methoxy groups -OCH3 is 1. The van der Waals surface area contributed by atoms with Crippen LogP contribution >= 0.6 is 22.9 Å². The summed E-state index contributed by atoms with van der Waals surface area (Å²) in [5.41, 5.74) is 0.646. The van der Waals surface area contributed by atoms with Gasteiger partial charge in [0.1, 0.15) is 28.3 Å². The number of nitriles is 1. The molecule has 0 aliphatic heterocycles. The van der Waals surface area contributed by atoms with Crippen LogP contribution in [0.1, 0.15) is 15.6 Å². The first-order chi connectivity index (χ1) is 9.24. The van der Waals surface area contributed by atoms with E-state index < -0.39 is 0 Å². The Labute approximate surface area is 120 Å². The molecule has 1 aromatic carbocycles. The van der Waals surface area contributed by atoms with E-state index in [0.717, 1.165) is 5.01 Å². The number of rotatable bonds is 5. The molecular weight excluding hydrogens is 284 g/mol. The lowest BCUT2D eigenvalue weighted by Crippen LogP contribution is -1.96. The van der Waals surface area contributed by atoms with Gasteiger partial charge in [0.2, 0.25) is 0 Å². The first-order valence-corrected chi connectivity index (χ1v) is 6.69. The van der Waals surface area contributed by atoms with Gasteiger partial charge >= 0.3 is 0 Å². The molecule has 0 atom stereocenters. The van der Waals surface area contributed by atoms with Crippen molar-refractivity contribution in [3.8, 4) is 11.8 Å². The molecule has 19 heavy (non-hydrogen) atoms. The Hall–Kier alpha value is -1.61. The van der Waals surface area contributed by atoms with Gasteiger partial charge in [0.25, 0.3) is 0 Å². The summed E-state index contributed by atoms with van der Waals surface area (Å²) >= 11 is 7.29. The third-order valence-electron chi connectivity index (χ3n) is 2.31. The van der Waals surface area contributed by atoms with Crippen molar-refractivity contribution in [3.63, 3.8) is 0 Å². The Morgan fingerprint density at radius 2 is 2.16 bits per heavy atom. The molecule has 98 valence electrons. The number of nitrogens with zero attached hydrogens (tertiary/aromatic N) is 2. The maximum Gasteiger partial charge on any atom is 0.140 e. The Morgan fingerprint density at radius 1 is 1.37 bits per heavy atom. The number of aromatic nitrogens is 1. The first-order valence-electron chi connectivity index (χ1n) is 5.49. The lowest BCUT2D eigenvalue weighted by molar-refractivity contribution is 0.181. The highest BCUT2D eigenvalue weighted by Crippen LogP contribution is 2.25. The Balaban J connectivity index is 2.08. The van der Waals surface area contributed by atoms with Gasteiger partial charge in [-0.2, -0.15) is 5.26 Å². The molecule has 0 fully saturated rings. The Bertz CT molecular complexity index is 607. The first kappa shape index (κ1) is 13.8. The van der Waals surface area contributed by atoms with Crippen LogP contribution in [0.3, 0.4) is 0 Å². The van der Waals surface area contributed by atoms with E-state index in [1.165, 1.54) is 11.3 Å². The summed E-state index contributed by atoms with van der Waals surface area (Å²) in [6, 6.07) is 9.34. The zero-order valence-corrected chi connectivity index (χ0v) is 11.8. The number of benzene rings is 1. The molecule has 6 heteroatoms. The fraction of sp³-hybridized carbons (Fsp3) is 0.231. The summed E-state index contributed by atoms with van der Waals surface area (Å²) in [6.07, 6.45) is 0. The molecule has 0 unspecified atom stereocenters. The SMILES string of the molecule is COCc1nc(COc2ccccc2Cl)sc1C#N. The Kier molecular flexibility index (Phi) is 4.74. The van der Waals surface area contributed by atoms with Gasteiger partial charge in [-0.05, 0) is 12.1 Å². The predicted octanol–water partition coefficient (Wildman–Crippen LogP) is 3.39. The normalized spacial score (nSPS) is 10.2. The molecule has 0 N–H and O–H groups in total. The highest BCUT2D eigenvalue weighted by atomic mass is 35.5. The summed E-state index contributed by atoms with van der Waals surface area (Å²) in [5.74, 6) is 0.603. The van der Waals surface area contributed by atoms with Gasteiger partial charge in [0, 0.05) is 7.11 Å². The highest BCUT2D eigenvalue weighted by molar-refractivity contribution is 7.12. The molecule has 0 amide bonds. The van der Waals surface area contributed by atoms with E-state index in [9.17, 15) is 0 Å². The summed E-state index contributed by atoms with van der Waals surface area (Å²) in [6.45, 7) is 0.609. The molecule has 4 nitrogen and oxygen atoms in total. The zero-order chi connectivity index (χ0) is 13.7. The molecule has 2 rings (SSSR count). The summed E-state index contributed by atoms with van der Waals surface area (Å²) in [7, 11) is 1.57. The second kappa shape index (κ2) is 6.53. The van der Waals surface area contributed by atoms with Crippen LogP contribution in [0.15, 0.2) is 24.3 Å². The molecule has 0 spiro atoms. The van der Waals surface area contributed by atoms with Crippen molar-refractivity contribution in [2.45, 2.75) is 13.2 Å². The van der Waals surface area contributed by atoms with Crippen LogP contribution in [0, 0.1) is 11.3 Å². The average Bonchev–Trinajstić information content (AvgIpc) is 2.81. The van der Waals surface area contributed by atoms with Crippen LogP contribution in [0.5, 0.6) is 5.75 Å². The van der Waals surface area contributed by atoms with Crippen LogP contribution in [0.2, 0.25) is 5.02 Å². The molecule has 0 saturated carbocycles. The van der Waals surface area contributed by atoms with E-state index in [4.69, 9.17) is 26.3 Å². The Morgan fingerprint density at radius 3 is 2.84 bits per heavy atom. The van der Waals surface area contributed by atoms with Gasteiger partial charge in [0.15, 0.2) is 0 Å². The monoisotopic (exact) mass is 294 g/mol. The minimum atomic E-state index is 0.285. The number of ether oxygens (including phenoxy) is 2. The van der Waals surface area contributed by atoms with Crippen LogP contribution in [-0.2, 0) is 18.0 Å². The maximum absolute atomic E-state index is 8.99. The zero-order valence-electron chi connectivity index (χ0n) is 10.2. The highest BCUT2D eigenvalue weighted by Gasteiger charge is 2.11. The third kappa shape index (κ3) is 3.44. The van der Waals surface area contributed by atoms with Gasteiger partial charge in [-0.25, -0.2) is 4.98 Å². The van der Waals surface area contributed by atoms with Gasteiger partial charge in [-0.1, -0.05) is 23.7 Å². The van der Waals surface area contributed by atoms with Crippen molar-refractivity contribution >= 4 is 22.9 Å². The number of hydrogen-bond donors (Lipinski definition) is 0. The summed E-state index contributed by atoms with van der Waals surface area (Å²) in [4.78, 5) is 4.87. The largest absolute Gasteiger partial charge is 0.485 e. The smallest absolute Gasteiger partial charge is 0.140 e. The lowest BCUT2D eigenvalue weighted by atomic mass is 10.3. The fourth-order valence-corrected chi connectivity index (χ4v) is 2.45. The van der Waals surface area contributed by atoms with Gasteiger partial charge in [-0.3, -0.25) is 0 Å². The van der Waals surface area contributed by atoms with Crippen molar-refractivity contribution in [2.24, 2.45) is 0 Å². The minimum absolute atomic E-state index is 0.285. The molecule has 1 aromatic heterocycles. The molecule has 2 aromatic rings. The molecular formula is C13H11ClN2O2S. The van der Waals surface area contributed by atoms with Crippen LogP contribution in [-0.4, -0.2) is 12.1 Å². The van der Waals surface area contributed by atoms with E-state index in [0.29, 0.717) is 28.0 Å². The summed E-state index contributed by atoms with van der Waals surface area (Å²) < 4.78 is 10.6. The molecule has 0 radical (unpaired) electrons. The van der Waals surface area contributed by atoms with Crippen LogP contribution < -0.4 is 4.74 Å². The van der Waals surface area contributed by atoms with E-state index >= 15 is 0 Å². The van der Waals surface area contributed by atoms with Gasteiger partial charge in [0.05, 0.1) is 17.3 Å². The topological polar surface area (TPSA) is 55.1 Å². The lowest BCUT2D eigenvalue weighted by Gasteiger charge is -2.05. The molecule has 0 bridgehead atoms.